The second kappa shape index (κ2) is 4.55. The highest BCUT2D eigenvalue weighted by Gasteiger charge is 2.10. The highest BCUT2D eigenvalue weighted by atomic mass is 32.1. The Morgan fingerprint density at radius 3 is 2.71 bits per heavy atom. The first-order chi connectivity index (χ1) is 7.99. The van der Waals surface area contributed by atoms with Crippen LogP contribution < -0.4 is 0 Å². The first kappa shape index (κ1) is 12.2. The zero-order chi connectivity index (χ0) is 12.5. The molecule has 0 unspecified atom stereocenters. The van der Waals surface area contributed by atoms with E-state index in [1.165, 1.54) is 11.3 Å². The van der Waals surface area contributed by atoms with Gasteiger partial charge in [-0.3, -0.25) is 0 Å². The first-order valence-corrected chi connectivity index (χ1v) is 10.0. The molecule has 0 bridgehead atoms. The van der Waals surface area contributed by atoms with Crippen molar-refractivity contribution in [2.75, 3.05) is 0 Å². The van der Waals surface area contributed by atoms with E-state index in [9.17, 15) is 0 Å². The van der Waals surface area contributed by atoms with Gasteiger partial charge in [-0.05, 0) is 6.42 Å². The van der Waals surface area contributed by atoms with Gasteiger partial charge in [0.25, 0.3) is 0 Å². The van der Waals surface area contributed by atoms with E-state index in [4.69, 9.17) is 0 Å². The van der Waals surface area contributed by atoms with E-state index in [1.807, 2.05) is 0 Å². The highest BCUT2D eigenvalue weighted by molar-refractivity contribution is 7.16. The molecule has 17 heavy (non-hydrogen) atoms. The lowest BCUT2D eigenvalue weighted by Crippen LogP contribution is -2.16. The molecular formula is C12H15N3SSi. The van der Waals surface area contributed by atoms with Gasteiger partial charge in [0.1, 0.15) is 13.8 Å². The number of aryl methyl sites for hydroxylation is 1. The third-order valence-corrected chi connectivity index (χ3v) is 3.73. The third kappa shape index (κ3) is 2.90. The van der Waals surface area contributed by atoms with Gasteiger partial charge in [0, 0.05) is 0 Å². The summed E-state index contributed by atoms with van der Waals surface area (Å²) in [5.74, 6) is 3.20. The van der Waals surface area contributed by atoms with Gasteiger partial charge in [0.2, 0.25) is 0 Å². The Morgan fingerprint density at radius 2 is 2.06 bits per heavy atom. The van der Waals surface area contributed by atoms with E-state index in [-0.39, 0.29) is 0 Å². The maximum absolute atomic E-state index is 4.55. The van der Waals surface area contributed by atoms with Crippen LogP contribution >= 0.6 is 11.3 Å². The highest BCUT2D eigenvalue weighted by Crippen LogP contribution is 2.15. The van der Waals surface area contributed by atoms with Gasteiger partial charge in [-0.25, -0.2) is 15.0 Å². The molecule has 0 saturated carbocycles. The minimum Gasteiger partial charge on any atom is -0.228 e. The zero-order valence-electron chi connectivity index (χ0n) is 10.5. The number of hydrogen-bond donors (Lipinski definition) is 0. The predicted octanol–water partition coefficient (Wildman–Crippen LogP) is 2.88. The summed E-state index contributed by atoms with van der Waals surface area (Å²) in [6.07, 6.45) is 0.843. The minimum atomic E-state index is -1.37. The van der Waals surface area contributed by atoms with Crippen molar-refractivity contribution < 1.29 is 0 Å². The summed E-state index contributed by atoms with van der Waals surface area (Å²) in [5.41, 5.74) is 7.64. The van der Waals surface area contributed by atoms with Crippen LogP contribution in [0.2, 0.25) is 19.6 Å². The third-order valence-electron chi connectivity index (χ3n) is 2.15. The fraction of sp³-hybridized carbons (Fsp3) is 0.417. The van der Waals surface area contributed by atoms with Crippen LogP contribution in [0.25, 0.3) is 10.5 Å². The Hall–Kier alpha value is -1.25. The standard InChI is InChI=1S/C12H15N3SSi/c1-5-9-10(6-7-17(2,3)4)15-12-11(14-9)13-8-16-12/h8H,5H2,1-4H3. The van der Waals surface area contributed by atoms with E-state index < -0.39 is 8.07 Å². The van der Waals surface area contributed by atoms with Crippen molar-refractivity contribution >= 4 is 29.9 Å². The maximum Gasteiger partial charge on any atom is 0.189 e. The van der Waals surface area contributed by atoms with Crippen LogP contribution in [-0.2, 0) is 6.42 Å². The molecule has 2 aromatic heterocycles. The zero-order valence-corrected chi connectivity index (χ0v) is 12.4. The van der Waals surface area contributed by atoms with E-state index in [0.717, 1.165) is 28.3 Å². The smallest absolute Gasteiger partial charge is 0.189 e. The van der Waals surface area contributed by atoms with Gasteiger partial charge in [0.15, 0.2) is 10.5 Å². The van der Waals surface area contributed by atoms with E-state index >= 15 is 0 Å². The Labute approximate surface area is 106 Å². The van der Waals surface area contributed by atoms with Gasteiger partial charge in [0.05, 0.1) is 11.2 Å². The second-order valence-corrected chi connectivity index (χ2v) is 10.4. The molecule has 2 rings (SSSR count). The van der Waals surface area contributed by atoms with Crippen LogP contribution in [-0.4, -0.2) is 23.0 Å². The molecule has 0 saturated heterocycles. The lowest BCUT2D eigenvalue weighted by atomic mass is 10.2. The van der Waals surface area contributed by atoms with Gasteiger partial charge in [-0.1, -0.05) is 32.5 Å². The fourth-order valence-corrected chi connectivity index (χ4v) is 2.42. The number of nitrogens with zero attached hydrogens (tertiary/aromatic N) is 3. The van der Waals surface area contributed by atoms with Crippen molar-refractivity contribution in [1.29, 1.82) is 0 Å². The molecule has 88 valence electrons. The van der Waals surface area contributed by atoms with E-state index in [0.29, 0.717) is 0 Å². The number of thiazole rings is 1. The lowest BCUT2D eigenvalue weighted by molar-refractivity contribution is 1.01. The van der Waals surface area contributed by atoms with Crippen molar-refractivity contribution in [2.24, 2.45) is 0 Å². The van der Waals surface area contributed by atoms with Crippen molar-refractivity contribution in [1.82, 2.24) is 15.0 Å². The SMILES string of the molecule is CCc1nc2ncsc2nc1C#C[Si](C)(C)C. The van der Waals surface area contributed by atoms with E-state index in [2.05, 4.69) is 53.0 Å². The van der Waals surface area contributed by atoms with Crippen molar-refractivity contribution in [3.8, 4) is 11.5 Å². The molecule has 2 aromatic rings. The van der Waals surface area contributed by atoms with Gasteiger partial charge in [-0.15, -0.1) is 16.9 Å². The Kier molecular flexibility index (Phi) is 3.27. The molecule has 5 heteroatoms. The number of hydrogen-bond acceptors (Lipinski definition) is 4. The van der Waals surface area contributed by atoms with Crippen LogP contribution in [0.1, 0.15) is 18.3 Å². The van der Waals surface area contributed by atoms with Crippen molar-refractivity contribution in [3.05, 3.63) is 16.9 Å². The monoisotopic (exact) mass is 261 g/mol. The second-order valence-electron chi connectivity index (χ2n) is 4.85. The molecular weight excluding hydrogens is 246 g/mol. The van der Waals surface area contributed by atoms with Crippen LogP contribution in [0.5, 0.6) is 0 Å². The lowest BCUT2D eigenvalue weighted by Gasteiger charge is -2.04. The number of rotatable bonds is 1. The summed E-state index contributed by atoms with van der Waals surface area (Å²) in [7, 11) is -1.37. The van der Waals surface area contributed by atoms with Gasteiger partial charge >= 0.3 is 0 Å². The number of aromatic nitrogens is 3. The molecule has 0 N–H and O–H groups in total. The van der Waals surface area contributed by atoms with Crippen molar-refractivity contribution in [2.45, 2.75) is 33.0 Å². The first-order valence-electron chi connectivity index (χ1n) is 5.63. The quantitative estimate of drug-likeness (QED) is 0.585. The molecule has 0 aliphatic rings. The van der Waals surface area contributed by atoms with Gasteiger partial charge in [-0.2, -0.15) is 0 Å². The largest absolute Gasteiger partial charge is 0.228 e. The average molecular weight is 261 g/mol. The Morgan fingerprint density at radius 1 is 1.29 bits per heavy atom. The summed E-state index contributed by atoms with van der Waals surface area (Å²) in [6, 6.07) is 0. The molecule has 0 aromatic carbocycles. The minimum absolute atomic E-state index is 0.741. The van der Waals surface area contributed by atoms with Crippen molar-refractivity contribution in [3.63, 3.8) is 0 Å². The summed E-state index contributed by atoms with van der Waals surface area (Å²) in [6.45, 7) is 8.75. The molecule has 0 fully saturated rings. The Bertz CT molecular complexity index is 601. The topological polar surface area (TPSA) is 38.7 Å². The predicted molar refractivity (Wildman–Crippen MR) is 74.8 cm³/mol. The maximum atomic E-state index is 4.55. The molecule has 0 radical (unpaired) electrons. The molecule has 0 aliphatic heterocycles. The van der Waals surface area contributed by atoms with Gasteiger partial charge < -0.3 is 0 Å². The van der Waals surface area contributed by atoms with Crippen LogP contribution in [0.3, 0.4) is 0 Å². The molecule has 2 heterocycles. The normalized spacial score (nSPS) is 11.3. The molecule has 3 nitrogen and oxygen atoms in total. The van der Waals surface area contributed by atoms with Crippen LogP contribution in [0.15, 0.2) is 5.51 Å². The molecule has 0 amide bonds. The Balaban J connectivity index is 2.53. The van der Waals surface area contributed by atoms with Crippen LogP contribution in [0, 0.1) is 11.5 Å². The number of fused-ring (bicyclic) bond motifs is 1. The molecule has 0 aliphatic carbocycles. The molecule has 0 spiro atoms. The average Bonchev–Trinajstić information content (AvgIpc) is 2.70. The van der Waals surface area contributed by atoms with E-state index in [1.54, 1.807) is 5.51 Å². The fourth-order valence-electron chi connectivity index (χ4n) is 1.33. The summed E-state index contributed by atoms with van der Waals surface area (Å²) in [4.78, 5) is 14.1. The molecule has 0 atom stereocenters. The van der Waals surface area contributed by atoms with Crippen LogP contribution in [0.4, 0.5) is 0 Å². The summed E-state index contributed by atoms with van der Waals surface area (Å²) in [5, 5.41) is 0. The summed E-state index contributed by atoms with van der Waals surface area (Å²) >= 11 is 1.51. The summed E-state index contributed by atoms with van der Waals surface area (Å²) < 4.78 is 0.